The maximum Gasteiger partial charge on any atom is 0.295 e. The molecule has 1 aliphatic heterocycles. The van der Waals surface area contributed by atoms with Gasteiger partial charge in [-0.05, 0) is 54.1 Å². The summed E-state index contributed by atoms with van der Waals surface area (Å²) >= 11 is 12.5. The molecule has 0 aliphatic carbocycles. The minimum absolute atomic E-state index is 0.0582. The molecule has 0 saturated carbocycles. The standard InChI is InChI=1S/C28H25Cl2NO7/c1-35-18-7-9-19(10-8-18)38-12-11-31-24(16-5-4-6-20(13-16)36-2)23(26(33)28(31)34)25(32)21-14-17(29)15-22(30)27(21)37-3/h4-10,13-15,24,32H,11-12H2,1-3H3/b25-23+. The topological polar surface area (TPSA) is 94.5 Å². The number of aliphatic hydroxyl groups is 1. The molecule has 1 unspecified atom stereocenters. The zero-order chi connectivity index (χ0) is 27.4. The van der Waals surface area contributed by atoms with Crippen molar-refractivity contribution in [2.45, 2.75) is 6.04 Å². The second kappa shape index (κ2) is 11.7. The predicted octanol–water partition coefficient (Wildman–Crippen LogP) is 5.52. The molecule has 1 saturated heterocycles. The molecule has 38 heavy (non-hydrogen) atoms. The number of hydrogen-bond donors (Lipinski definition) is 1. The van der Waals surface area contributed by atoms with Crippen LogP contribution in [0.5, 0.6) is 23.0 Å². The van der Waals surface area contributed by atoms with Crippen molar-refractivity contribution >= 4 is 40.7 Å². The van der Waals surface area contributed by atoms with Crippen molar-refractivity contribution < 1.29 is 33.6 Å². The van der Waals surface area contributed by atoms with Crippen LogP contribution in [0.1, 0.15) is 17.2 Å². The van der Waals surface area contributed by atoms with E-state index in [2.05, 4.69) is 0 Å². The van der Waals surface area contributed by atoms with Crippen LogP contribution in [0.3, 0.4) is 0 Å². The van der Waals surface area contributed by atoms with Crippen molar-refractivity contribution in [3.05, 3.63) is 87.4 Å². The molecular weight excluding hydrogens is 533 g/mol. The van der Waals surface area contributed by atoms with Gasteiger partial charge in [-0.25, -0.2) is 0 Å². The quantitative estimate of drug-likeness (QED) is 0.210. The van der Waals surface area contributed by atoms with Gasteiger partial charge in [0.05, 0.1) is 50.1 Å². The number of rotatable bonds is 9. The highest BCUT2D eigenvalue weighted by Gasteiger charge is 2.46. The Labute approximate surface area is 229 Å². The summed E-state index contributed by atoms with van der Waals surface area (Å²) in [5.74, 6) is -0.229. The van der Waals surface area contributed by atoms with Crippen LogP contribution in [0.25, 0.3) is 5.76 Å². The minimum atomic E-state index is -0.938. The number of hydrogen-bond acceptors (Lipinski definition) is 7. The molecule has 0 radical (unpaired) electrons. The number of likely N-dealkylation sites (tertiary alicyclic amines) is 1. The molecule has 0 aromatic heterocycles. The molecule has 8 nitrogen and oxygen atoms in total. The second-order valence-corrected chi connectivity index (χ2v) is 9.11. The lowest BCUT2D eigenvalue weighted by atomic mass is 9.95. The fourth-order valence-corrected chi connectivity index (χ4v) is 4.86. The zero-order valence-corrected chi connectivity index (χ0v) is 22.4. The maximum atomic E-state index is 13.3. The van der Waals surface area contributed by atoms with Crippen molar-refractivity contribution in [3.63, 3.8) is 0 Å². The number of nitrogens with zero attached hydrogens (tertiary/aromatic N) is 1. The van der Waals surface area contributed by atoms with E-state index < -0.39 is 23.5 Å². The van der Waals surface area contributed by atoms with Gasteiger partial charge in [-0.2, -0.15) is 0 Å². The molecule has 3 aromatic rings. The summed E-state index contributed by atoms with van der Waals surface area (Å²) in [6.45, 7) is 0.148. The van der Waals surface area contributed by atoms with Gasteiger partial charge >= 0.3 is 0 Å². The number of halogens is 2. The van der Waals surface area contributed by atoms with Gasteiger partial charge in [0, 0.05) is 5.02 Å². The Morgan fingerprint density at radius 1 is 0.895 bits per heavy atom. The Bertz CT molecular complexity index is 1390. The van der Waals surface area contributed by atoms with E-state index in [-0.39, 0.29) is 40.1 Å². The Balaban J connectivity index is 1.76. The fraction of sp³-hybridized carbons (Fsp3) is 0.214. The minimum Gasteiger partial charge on any atom is -0.507 e. The fourth-order valence-electron chi connectivity index (χ4n) is 4.29. The van der Waals surface area contributed by atoms with Gasteiger partial charge in [0.2, 0.25) is 0 Å². The number of Topliss-reactive ketones (excluding diaryl/α,β-unsaturated/α-hetero) is 1. The maximum absolute atomic E-state index is 13.3. The molecule has 0 spiro atoms. The molecule has 10 heteroatoms. The first-order valence-electron chi connectivity index (χ1n) is 11.5. The van der Waals surface area contributed by atoms with E-state index >= 15 is 0 Å². The number of amides is 1. The summed E-state index contributed by atoms with van der Waals surface area (Å²) in [5, 5.41) is 11.8. The number of carbonyl (C=O) groups excluding carboxylic acids is 2. The molecule has 198 valence electrons. The summed E-state index contributed by atoms with van der Waals surface area (Å²) in [6.07, 6.45) is 0. The Morgan fingerprint density at radius 3 is 2.24 bits per heavy atom. The molecular formula is C28H25Cl2NO7. The number of ether oxygens (including phenoxy) is 4. The highest BCUT2D eigenvalue weighted by molar-refractivity contribution is 6.46. The normalized spacial score (nSPS) is 16.4. The van der Waals surface area contributed by atoms with E-state index in [1.807, 2.05) is 0 Å². The van der Waals surface area contributed by atoms with E-state index in [1.165, 1.54) is 31.3 Å². The largest absolute Gasteiger partial charge is 0.507 e. The first-order valence-corrected chi connectivity index (χ1v) is 12.3. The van der Waals surface area contributed by atoms with E-state index in [1.54, 1.807) is 55.6 Å². The van der Waals surface area contributed by atoms with Crippen molar-refractivity contribution in [1.29, 1.82) is 0 Å². The van der Waals surface area contributed by atoms with Crippen LogP contribution in [0.4, 0.5) is 0 Å². The van der Waals surface area contributed by atoms with Gasteiger partial charge in [0.25, 0.3) is 11.7 Å². The number of methoxy groups -OCH3 is 3. The van der Waals surface area contributed by atoms with Crippen LogP contribution in [0, 0.1) is 0 Å². The smallest absolute Gasteiger partial charge is 0.295 e. The van der Waals surface area contributed by atoms with Crippen molar-refractivity contribution in [1.82, 2.24) is 4.90 Å². The summed E-state index contributed by atoms with van der Waals surface area (Å²) in [4.78, 5) is 27.9. The molecule has 3 aromatic carbocycles. The summed E-state index contributed by atoms with van der Waals surface area (Å²) < 4.78 is 21.7. The monoisotopic (exact) mass is 557 g/mol. The van der Waals surface area contributed by atoms with Gasteiger partial charge < -0.3 is 29.0 Å². The van der Waals surface area contributed by atoms with Crippen LogP contribution < -0.4 is 18.9 Å². The van der Waals surface area contributed by atoms with Crippen LogP contribution >= 0.6 is 23.2 Å². The van der Waals surface area contributed by atoms with Gasteiger partial charge in [0.15, 0.2) is 0 Å². The molecule has 1 fully saturated rings. The second-order valence-electron chi connectivity index (χ2n) is 8.26. The predicted molar refractivity (Wildman–Crippen MR) is 144 cm³/mol. The number of aliphatic hydroxyl groups excluding tert-OH is 1. The molecule has 1 N–H and O–H groups in total. The van der Waals surface area contributed by atoms with Gasteiger partial charge in [-0.3, -0.25) is 9.59 Å². The van der Waals surface area contributed by atoms with E-state index in [0.29, 0.717) is 22.8 Å². The summed E-state index contributed by atoms with van der Waals surface area (Å²) in [7, 11) is 4.45. The molecule has 4 rings (SSSR count). The van der Waals surface area contributed by atoms with Crippen molar-refractivity contribution in [2.24, 2.45) is 0 Å². The van der Waals surface area contributed by atoms with Crippen LogP contribution in [0.2, 0.25) is 10.0 Å². The molecule has 1 atom stereocenters. The van der Waals surface area contributed by atoms with E-state index in [0.717, 1.165) is 0 Å². The molecule has 0 bridgehead atoms. The first kappa shape index (κ1) is 27.2. The number of benzene rings is 3. The molecule has 1 amide bonds. The zero-order valence-electron chi connectivity index (χ0n) is 20.9. The summed E-state index contributed by atoms with van der Waals surface area (Å²) in [6, 6.07) is 15.8. The molecule has 1 heterocycles. The van der Waals surface area contributed by atoms with Crippen LogP contribution in [-0.4, -0.2) is 56.2 Å². The SMILES string of the molecule is COc1ccc(OCCN2C(=O)C(=O)/C(=C(/O)c3cc(Cl)cc(Cl)c3OC)C2c2cccc(OC)c2)cc1. The number of carbonyl (C=O) groups is 2. The van der Waals surface area contributed by atoms with Crippen molar-refractivity contribution in [3.8, 4) is 23.0 Å². The first-order chi connectivity index (χ1) is 18.3. The van der Waals surface area contributed by atoms with Gasteiger partial charge in [-0.15, -0.1) is 0 Å². The van der Waals surface area contributed by atoms with E-state index in [4.69, 9.17) is 42.1 Å². The van der Waals surface area contributed by atoms with E-state index in [9.17, 15) is 14.7 Å². The number of ketones is 1. The van der Waals surface area contributed by atoms with Crippen molar-refractivity contribution in [2.75, 3.05) is 34.5 Å². The highest BCUT2D eigenvalue weighted by Crippen LogP contribution is 2.43. The molecule has 1 aliphatic rings. The van der Waals surface area contributed by atoms with Gasteiger partial charge in [-0.1, -0.05) is 35.3 Å². The van der Waals surface area contributed by atoms with Crippen LogP contribution in [0.15, 0.2) is 66.2 Å². The Kier molecular flexibility index (Phi) is 8.34. The van der Waals surface area contributed by atoms with Crippen LogP contribution in [-0.2, 0) is 9.59 Å². The lowest BCUT2D eigenvalue weighted by molar-refractivity contribution is -0.140. The van der Waals surface area contributed by atoms with Gasteiger partial charge in [0.1, 0.15) is 35.4 Å². The summed E-state index contributed by atoms with van der Waals surface area (Å²) in [5.41, 5.74) is 0.511. The third kappa shape index (κ3) is 5.37. The Morgan fingerprint density at radius 2 is 1.58 bits per heavy atom. The Hall–Kier alpha value is -3.88. The average molecular weight is 558 g/mol. The third-order valence-corrected chi connectivity index (χ3v) is 6.58. The lowest BCUT2D eigenvalue weighted by Crippen LogP contribution is -2.33. The third-order valence-electron chi connectivity index (χ3n) is 6.08. The highest BCUT2D eigenvalue weighted by atomic mass is 35.5. The lowest BCUT2D eigenvalue weighted by Gasteiger charge is -2.26. The average Bonchev–Trinajstić information content (AvgIpc) is 3.17.